The Kier molecular flexibility index (Phi) is 5.86. The fourth-order valence-corrected chi connectivity index (χ4v) is 4.63. The molecule has 0 amide bonds. The fourth-order valence-electron chi connectivity index (χ4n) is 3.36. The molecular weight excluding hydrogens is 392 g/mol. The summed E-state index contributed by atoms with van der Waals surface area (Å²) in [6.07, 6.45) is 2.40. The van der Waals surface area contributed by atoms with Crippen molar-refractivity contribution in [2.24, 2.45) is 0 Å². The van der Waals surface area contributed by atoms with Crippen molar-refractivity contribution in [3.05, 3.63) is 42.1 Å². The Morgan fingerprint density at radius 3 is 2.24 bits per heavy atom. The van der Waals surface area contributed by atoms with Gasteiger partial charge in [-0.2, -0.15) is 9.40 Å². The summed E-state index contributed by atoms with van der Waals surface area (Å²) in [6, 6.07) is 11.1. The molecule has 1 aliphatic heterocycles. The summed E-state index contributed by atoms with van der Waals surface area (Å²) in [5.74, 6) is 2.70. The molecule has 1 saturated carbocycles. The van der Waals surface area contributed by atoms with E-state index in [9.17, 15) is 8.42 Å². The first-order chi connectivity index (χ1) is 14.0. The monoisotopic (exact) mass is 418 g/mol. The standard InChI is InChI=1S/C20H26N4O4S/c1-27-17-4-6-18(7-5-17)28-14-15-29(25,26)24-12-10-23(11-13-24)20-9-8-19(21-22-20)16-2-3-16/h4-9,16H,2-3,10-15H2,1H3. The second kappa shape index (κ2) is 8.54. The van der Waals surface area contributed by atoms with Crippen molar-refractivity contribution in [1.29, 1.82) is 0 Å². The van der Waals surface area contributed by atoms with Gasteiger partial charge in [0.1, 0.15) is 18.1 Å². The molecule has 2 aromatic rings. The summed E-state index contributed by atoms with van der Waals surface area (Å²) in [4.78, 5) is 2.09. The van der Waals surface area contributed by atoms with Crippen molar-refractivity contribution in [2.45, 2.75) is 18.8 Å². The average molecular weight is 419 g/mol. The maximum Gasteiger partial charge on any atom is 0.217 e. The molecule has 0 N–H and O–H groups in total. The number of piperazine rings is 1. The minimum Gasteiger partial charge on any atom is -0.497 e. The van der Waals surface area contributed by atoms with Crippen LogP contribution >= 0.6 is 0 Å². The highest BCUT2D eigenvalue weighted by Crippen LogP contribution is 2.38. The molecule has 0 unspecified atom stereocenters. The Balaban J connectivity index is 1.25. The van der Waals surface area contributed by atoms with Crippen molar-refractivity contribution in [3.63, 3.8) is 0 Å². The maximum absolute atomic E-state index is 12.6. The number of hydrogen-bond donors (Lipinski definition) is 0. The van der Waals surface area contributed by atoms with Crippen LogP contribution < -0.4 is 14.4 Å². The maximum atomic E-state index is 12.6. The molecule has 2 fully saturated rings. The van der Waals surface area contributed by atoms with E-state index in [4.69, 9.17) is 9.47 Å². The molecule has 0 radical (unpaired) electrons. The van der Waals surface area contributed by atoms with E-state index in [2.05, 4.69) is 15.1 Å². The third-order valence-corrected chi connectivity index (χ3v) is 7.13. The lowest BCUT2D eigenvalue weighted by molar-refractivity contribution is 0.330. The largest absolute Gasteiger partial charge is 0.497 e. The van der Waals surface area contributed by atoms with Crippen LogP contribution in [-0.2, 0) is 10.0 Å². The topological polar surface area (TPSA) is 84.9 Å². The van der Waals surface area contributed by atoms with Gasteiger partial charge in [0.2, 0.25) is 10.0 Å². The van der Waals surface area contributed by atoms with E-state index in [1.165, 1.54) is 17.1 Å². The van der Waals surface area contributed by atoms with Gasteiger partial charge < -0.3 is 14.4 Å². The molecular formula is C20H26N4O4S. The van der Waals surface area contributed by atoms with E-state index in [0.717, 1.165) is 17.3 Å². The summed E-state index contributed by atoms with van der Waals surface area (Å²) < 4.78 is 37.4. The van der Waals surface area contributed by atoms with E-state index in [-0.39, 0.29) is 12.4 Å². The Labute approximate surface area is 171 Å². The lowest BCUT2D eigenvalue weighted by Gasteiger charge is -2.34. The van der Waals surface area contributed by atoms with Crippen LogP contribution in [0.15, 0.2) is 36.4 Å². The quantitative estimate of drug-likeness (QED) is 0.647. The van der Waals surface area contributed by atoms with Crippen LogP contribution in [0.5, 0.6) is 11.5 Å². The first kappa shape index (κ1) is 19.9. The van der Waals surface area contributed by atoms with Gasteiger partial charge >= 0.3 is 0 Å². The lowest BCUT2D eigenvalue weighted by atomic mass is 10.2. The number of nitrogens with zero attached hydrogens (tertiary/aromatic N) is 4. The molecule has 1 aromatic heterocycles. The van der Waals surface area contributed by atoms with Gasteiger partial charge in [0.25, 0.3) is 0 Å². The van der Waals surface area contributed by atoms with Crippen LogP contribution in [0.1, 0.15) is 24.5 Å². The predicted molar refractivity (Wildman–Crippen MR) is 110 cm³/mol. The van der Waals surface area contributed by atoms with Gasteiger partial charge in [0.05, 0.1) is 18.6 Å². The van der Waals surface area contributed by atoms with Crippen LogP contribution in [0.25, 0.3) is 0 Å². The van der Waals surface area contributed by atoms with Gasteiger partial charge in [-0.3, -0.25) is 0 Å². The second-order valence-electron chi connectivity index (χ2n) is 7.32. The van der Waals surface area contributed by atoms with Crippen molar-refractivity contribution in [2.75, 3.05) is 50.5 Å². The van der Waals surface area contributed by atoms with E-state index < -0.39 is 10.0 Å². The van der Waals surface area contributed by atoms with Crippen LogP contribution in [0.3, 0.4) is 0 Å². The minimum atomic E-state index is -3.36. The van der Waals surface area contributed by atoms with E-state index in [0.29, 0.717) is 37.8 Å². The molecule has 0 bridgehead atoms. The normalized spacial score (nSPS) is 17.9. The number of methoxy groups -OCH3 is 1. The zero-order valence-electron chi connectivity index (χ0n) is 16.5. The molecule has 4 rings (SSSR count). The molecule has 156 valence electrons. The second-order valence-corrected chi connectivity index (χ2v) is 9.41. The minimum absolute atomic E-state index is 0.0467. The van der Waals surface area contributed by atoms with Crippen molar-refractivity contribution in [1.82, 2.24) is 14.5 Å². The summed E-state index contributed by atoms with van der Waals surface area (Å²) in [5, 5.41) is 8.64. The van der Waals surface area contributed by atoms with E-state index >= 15 is 0 Å². The van der Waals surface area contributed by atoms with Gasteiger partial charge in [0, 0.05) is 32.1 Å². The van der Waals surface area contributed by atoms with Gasteiger partial charge in [-0.15, -0.1) is 5.10 Å². The fraction of sp³-hybridized carbons (Fsp3) is 0.500. The van der Waals surface area contributed by atoms with Crippen LogP contribution in [0.2, 0.25) is 0 Å². The number of aromatic nitrogens is 2. The smallest absolute Gasteiger partial charge is 0.217 e. The summed E-state index contributed by atoms with van der Waals surface area (Å²) in [5.41, 5.74) is 1.06. The Morgan fingerprint density at radius 2 is 1.66 bits per heavy atom. The molecule has 1 aromatic carbocycles. The number of hydrogen-bond acceptors (Lipinski definition) is 7. The zero-order chi connectivity index (χ0) is 20.3. The SMILES string of the molecule is COc1ccc(OCCS(=O)(=O)N2CCN(c3ccc(C4CC4)nn3)CC2)cc1. The molecule has 29 heavy (non-hydrogen) atoms. The molecule has 1 aliphatic carbocycles. The van der Waals surface area contributed by atoms with Crippen molar-refractivity contribution in [3.8, 4) is 11.5 Å². The third kappa shape index (κ3) is 4.97. The number of ether oxygens (including phenoxy) is 2. The van der Waals surface area contributed by atoms with Gasteiger partial charge in [-0.25, -0.2) is 8.42 Å². The third-order valence-electron chi connectivity index (χ3n) is 5.29. The van der Waals surface area contributed by atoms with E-state index in [1.54, 1.807) is 31.4 Å². The highest BCUT2D eigenvalue weighted by molar-refractivity contribution is 7.89. The summed E-state index contributed by atoms with van der Waals surface area (Å²) >= 11 is 0. The van der Waals surface area contributed by atoms with Crippen molar-refractivity contribution < 1.29 is 17.9 Å². The zero-order valence-corrected chi connectivity index (χ0v) is 17.3. The van der Waals surface area contributed by atoms with E-state index in [1.807, 2.05) is 12.1 Å². The average Bonchev–Trinajstić information content (AvgIpc) is 3.60. The molecule has 9 heteroatoms. The first-order valence-corrected chi connectivity index (χ1v) is 11.5. The molecule has 8 nitrogen and oxygen atoms in total. The highest BCUT2D eigenvalue weighted by atomic mass is 32.2. The molecule has 0 spiro atoms. The first-order valence-electron chi connectivity index (χ1n) is 9.88. The number of sulfonamides is 1. The molecule has 2 heterocycles. The number of anilines is 1. The predicted octanol–water partition coefficient (Wildman–Crippen LogP) is 1.89. The summed E-state index contributed by atoms with van der Waals surface area (Å²) in [7, 11) is -1.77. The molecule has 0 atom stereocenters. The molecule has 2 aliphatic rings. The Bertz CT molecular complexity index is 907. The van der Waals surface area contributed by atoms with Gasteiger partial charge in [0.15, 0.2) is 5.82 Å². The Morgan fingerprint density at radius 1 is 0.966 bits per heavy atom. The number of benzene rings is 1. The molecule has 1 saturated heterocycles. The summed E-state index contributed by atoms with van der Waals surface area (Å²) in [6.45, 7) is 2.21. The van der Waals surface area contributed by atoms with Gasteiger partial charge in [-0.1, -0.05) is 0 Å². The lowest BCUT2D eigenvalue weighted by Crippen LogP contribution is -2.50. The van der Waals surface area contributed by atoms with Crippen LogP contribution in [-0.4, -0.2) is 68.6 Å². The highest BCUT2D eigenvalue weighted by Gasteiger charge is 2.28. The van der Waals surface area contributed by atoms with Crippen molar-refractivity contribution >= 4 is 15.8 Å². The van der Waals surface area contributed by atoms with Gasteiger partial charge in [-0.05, 0) is 49.2 Å². The van der Waals surface area contributed by atoms with Crippen LogP contribution in [0, 0.1) is 0 Å². The number of rotatable bonds is 8. The van der Waals surface area contributed by atoms with Crippen LogP contribution in [0.4, 0.5) is 5.82 Å². The Hall–Kier alpha value is -2.39.